The lowest BCUT2D eigenvalue weighted by molar-refractivity contribution is 0.253. The van der Waals surface area contributed by atoms with Crippen LogP contribution in [0.2, 0.25) is 5.02 Å². The average molecular weight is 295 g/mol. The maximum Gasteiger partial charge on any atom is 0.184 e. The van der Waals surface area contributed by atoms with Crippen LogP contribution < -0.4 is 5.32 Å². The van der Waals surface area contributed by atoms with Crippen molar-refractivity contribution < 1.29 is 0 Å². The SMILES string of the molecule is CC1CCCC(Nc2nc3cccc(Cl)c3s2)C1C. The van der Waals surface area contributed by atoms with Crippen LogP contribution in [0.15, 0.2) is 18.2 Å². The van der Waals surface area contributed by atoms with Crippen LogP contribution in [0.25, 0.3) is 10.2 Å². The summed E-state index contributed by atoms with van der Waals surface area (Å²) >= 11 is 7.87. The van der Waals surface area contributed by atoms with Gasteiger partial charge < -0.3 is 5.32 Å². The zero-order valence-corrected chi connectivity index (χ0v) is 12.9. The van der Waals surface area contributed by atoms with Crippen molar-refractivity contribution in [2.75, 3.05) is 5.32 Å². The minimum atomic E-state index is 0.545. The van der Waals surface area contributed by atoms with Crippen molar-refractivity contribution in [1.82, 2.24) is 4.98 Å². The number of nitrogens with one attached hydrogen (secondary N) is 1. The zero-order chi connectivity index (χ0) is 13.4. The van der Waals surface area contributed by atoms with Crippen LogP contribution in [-0.4, -0.2) is 11.0 Å². The second kappa shape index (κ2) is 5.29. The number of anilines is 1. The highest BCUT2D eigenvalue weighted by atomic mass is 35.5. The molecular formula is C15H19ClN2S. The Morgan fingerprint density at radius 3 is 2.95 bits per heavy atom. The van der Waals surface area contributed by atoms with E-state index in [0.717, 1.165) is 26.3 Å². The molecule has 0 spiro atoms. The van der Waals surface area contributed by atoms with Crippen molar-refractivity contribution in [3.8, 4) is 0 Å². The number of rotatable bonds is 2. The monoisotopic (exact) mass is 294 g/mol. The van der Waals surface area contributed by atoms with Crippen LogP contribution >= 0.6 is 22.9 Å². The van der Waals surface area contributed by atoms with E-state index in [1.165, 1.54) is 19.3 Å². The summed E-state index contributed by atoms with van der Waals surface area (Å²) in [4.78, 5) is 4.65. The molecule has 0 saturated heterocycles. The van der Waals surface area contributed by atoms with E-state index in [0.29, 0.717) is 12.0 Å². The van der Waals surface area contributed by atoms with Crippen LogP contribution in [0.5, 0.6) is 0 Å². The molecule has 0 bridgehead atoms. The van der Waals surface area contributed by atoms with Gasteiger partial charge in [-0.2, -0.15) is 0 Å². The van der Waals surface area contributed by atoms with E-state index in [2.05, 4.69) is 24.1 Å². The Bertz CT molecular complexity index is 581. The number of thiazole rings is 1. The molecule has 3 rings (SSSR count). The molecule has 1 N–H and O–H groups in total. The van der Waals surface area contributed by atoms with Crippen molar-refractivity contribution in [1.29, 1.82) is 0 Å². The Morgan fingerprint density at radius 2 is 2.16 bits per heavy atom. The van der Waals surface area contributed by atoms with E-state index < -0.39 is 0 Å². The number of halogens is 1. The Kier molecular flexibility index (Phi) is 3.68. The van der Waals surface area contributed by atoms with Gasteiger partial charge in [-0.1, -0.05) is 55.7 Å². The molecule has 1 heterocycles. The predicted octanol–water partition coefficient (Wildman–Crippen LogP) is 5.19. The number of nitrogens with zero attached hydrogens (tertiary/aromatic N) is 1. The van der Waals surface area contributed by atoms with Gasteiger partial charge in [0, 0.05) is 6.04 Å². The van der Waals surface area contributed by atoms with Crippen LogP contribution in [0, 0.1) is 11.8 Å². The first-order chi connectivity index (χ1) is 9.15. The fraction of sp³-hybridized carbons (Fsp3) is 0.533. The van der Waals surface area contributed by atoms with E-state index in [1.54, 1.807) is 11.3 Å². The van der Waals surface area contributed by atoms with Gasteiger partial charge in [0.25, 0.3) is 0 Å². The molecule has 4 heteroatoms. The highest BCUT2D eigenvalue weighted by Gasteiger charge is 2.27. The third-order valence-electron chi connectivity index (χ3n) is 4.38. The standard InChI is InChI=1S/C15H19ClN2S/c1-9-5-3-7-12(10(9)2)17-15-18-13-8-4-6-11(16)14(13)19-15/h4,6,8-10,12H,3,5,7H2,1-2H3,(H,17,18). The second-order valence-corrected chi connectivity index (χ2v) is 7.03. The maximum absolute atomic E-state index is 6.21. The summed E-state index contributed by atoms with van der Waals surface area (Å²) in [6, 6.07) is 6.45. The summed E-state index contributed by atoms with van der Waals surface area (Å²) < 4.78 is 1.09. The first-order valence-electron chi connectivity index (χ1n) is 6.96. The number of benzene rings is 1. The molecule has 1 aliphatic rings. The quantitative estimate of drug-likeness (QED) is 0.825. The molecule has 2 nitrogen and oxygen atoms in total. The summed E-state index contributed by atoms with van der Waals surface area (Å²) in [5.74, 6) is 1.50. The first-order valence-corrected chi connectivity index (χ1v) is 8.16. The van der Waals surface area contributed by atoms with E-state index in [1.807, 2.05) is 18.2 Å². The lowest BCUT2D eigenvalue weighted by atomic mass is 9.78. The Hall–Kier alpha value is -0.800. The molecule has 0 amide bonds. The molecule has 0 aliphatic heterocycles. The normalized spacial score (nSPS) is 27.6. The third kappa shape index (κ3) is 2.59. The van der Waals surface area contributed by atoms with Gasteiger partial charge in [-0.05, 0) is 30.4 Å². The summed E-state index contributed by atoms with van der Waals surface area (Å²) in [5, 5.41) is 5.43. The minimum Gasteiger partial charge on any atom is -0.358 e. The molecule has 102 valence electrons. The largest absolute Gasteiger partial charge is 0.358 e. The van der Waals surface area contributed by atoms with Crippen LogP contribution in [0.4, 0.5) is 5.13 Å². The number of hydrogen-bond acceptors (Lipinski definition) is 3. The predicted molar refractivity (Wildman–Crippen MR) is 84.2 cm³/mol. The van der Waals surface area contributed by atoms with Gasteiger partial charge in [0.05, 0.1) is 15.2 Å². The van der Waals surface area contributed by atoms with Crippen molar-refractivity contribution >= 4 is 38.3 Å². The molecule has 1 aliphatic carbocycles. The highest BCUT2D eigenvalue weighted by molar-refractivity contribution is 7.22. The Labute approximate surface area is 123 Å². The number of hydrogen-bond donors (Lipinski definition) is 1. The molecule has 19 heavy (non-hydrogen) atoms. The lowest BCUT2D eigenvalue weighted by Crippen LogP contribution is -2.34. The summed E-state index contributed by atoms with van der Waals surface area (Å²) in [5.41, 5.74) is 0.997. The molecular weight excluding hydrogens is 276 g/mol. The van der Waals surface area contributed by atoms with E-state index in [4.69, 9.17) is 11.6 Å². The van der Waals surface area contributed by atoms with Crippen molar-refractivity contribution in [3.63, 3.8) is 0 Å². The second-order valence-electron chi connectivity index (χ2n) is 5.63. The molecule has 1 aromatic carbocycles. The van der Waals surface area contributed by atoms with E-state index in [-0.39, 0.29) is 0 Å². The molecule has 0 radical (unpaired) electrons. The molecule has 3 unspecified atom stereocenters. The van der Waals surface area contributed by atoms with Gasteiger partial charge >= 0.3 is 0 Å². The highest BCUT2D eigenvalue weighted by Crippen LogP contribution is 2.35. The molecule has 1 aromatic heterocycles. The Balaban J connectivity index is 1.83. The van der Waals surface area contributed by atoms with Gasteiger partial charge in [-0.3, -0.25) is 0 Å². The average Bonchev–Trinajstić information content (AvgIpc) is 2.79. The fourth-order valence-corrected chi connectivity index (χ4v) is 4.14. The van der Waals surface area contributed by atoms with E-state index >= 15 is 0 Å². The van der Waals surface area contributed by atoms with Gasteiger partial charge in [-0.15, -0.1) is 0 Å². The van der Waals surface area contributed by atoms with Crippen LogP contribution in [0.1, 0.15) is 33.1 Å². The minimum absolute atomic E-state index is 0.545. The van der Waals surface area contributed by atoms with Gasteiger partial charge in [-0.25, -0.2) is 4.98 Å². The third-order valence-corrected chi connectivity index (χ3v) is 5.85. The molecule has 2 aromatic rings. The summed E-state index contributed by atoms with van der Waals surface area (Å²) in [6.07, 6.45) is 3.91. The maximum atomic E-state index is 6.21. The van der Waals surface area contributed by atoms with Crippen molar-refractivity contribution in [2.45, 2.75) is 39.2 Å². The van der Waals surface area contributed by atoms with Crippen molar-refractivity contribution in [3.05, 3.63) is 23.2 Å². The fourth-order valence-electron chi connectivity index (χ4n) is 2.92. The topological polar surface area (TPSA) is 24.9 Å². The smallest absolute Gasteiger partial charge is 0.184 e. The number of aromatic nitrogens is 1. The summed E-state index contributed by atoms with van der Waals surface area (Å²) in [6.45, 7) is 4.70. The Morgan fingerprint density at radius 1 is 1.32 bits per heavy atom. The molecule has 1 fully saturated rings. The lowest BCUT2D eigenvalue weighted by Gasteiger charge is -2.34. The van der Waals surface area contributed by atoms with Gasteiger partial charge in [0.2, 0.25) is 0 Å². The summed E-state index contributed by atoms with van der Waals surface area (Å²) in [7, 11) is 0. The van der Waals surface area contributed by atoms with Crippen LogP contribution in [0.3, 0.4) is 0 Å². The molecule has 1 saturated carbocycles. The zero-order valence-electron chi connectivity index (χ0n) is 11.3. The van der Waals surface area contributed by atoms with Crippen LogP contribution in [-0.2, 0) is 0 Å². The van der Waals surface area contributed by atoms with E-state index in [9.17, 15) is 0 Å². The number of fused-ring (bicyclic) bond motifs is 1. The molecule has 3 atom stereocenters. The first kappa shape index (κ1) is 13.2. The van der Waals surface area contributed by atoms with Gasteiger partial charge in [0.1, 0.15) is 0 Å². The van der Waals surface area contributed by atoms with Crippen molar-refractivity contribution in [2.24, 2.45) is 11.8 Å². The van der Waals surface area contributed by atoms with Gasteiger partial charge in [0.15, 0.2) is 5.13 Å².